The smallest absolute Gasteiger partial charge is 0.305 e. The van der Waals surface area contributed by atoms with E-state index in [0.29, 0.717) is 29.7 Å². The van der Waals surface area contributed by atoms with Gasteiger partial charge in [-0.15, -0.1) is 0 Å². The van der Waals surface area contributed by atoms with Crippen molar-refractivity contribution >= 4 is 23.6 Å². The molecule has 1 aliphatic heterocycles. The summed E-state index contributed by atoms with van der Waals surface area (Å²) in [5, 5.41) is 20.5. The van der Waals surface area contributed by atoms with E-state index in [1.807, 2.05) is 24.3 Å². The molecule has 1 saturated carbocycles. The molecule has 2 aromatic carbocycles. The summed E-state index contributed by atoms with van der Waals surface area (Å²) in [5.74, 6) is -0.559. The Bertz CT molecular complexity index is 1200. The second kappa shape index (κ2) is 11.7. The zero-order valence-electron chi connectivity index (χ0n) is 22.3. The van der Waals surface area contributed by atoms with Gasteiger partial charge in [0.25, 0.3) is 11.9 Å². The Hall–Kier alpha value is -3.86. The molecule has 0 spiro atoms. The minimum Gasteiger partial charge on any atom is -0.481 e. The molecule has 1 aliphatic carbocycles. The number of aliphatic carboxylic acids is 1. The fourth-order valence-electron chi connectivity index (χ4n) is 5.38. The van der Waals surface area contributed by atoms with Crippen LogP contribution < -0.4 is 5.32 Å². The van der Waals surface area contributed by atoms with Crippen LogP contribution in [0.4, 0.5) is 5.69 Å². The van der Waals surface area contributed by atoms with Crippen LogP contribution in [0.3, 0.4) is 0 Å². The molecule has 2 aliphatic rings. The molecule has 1 amide bonds. The average Bonchev–Trinajstić information content (AvgIpc) is 3.32. The predicted octanol–water partition coefficient (Wildman–Crippen LogP) is 5.43. The van der Waals surface area contributed by atoms with Crippen LogP contribution in [-0.4, -0.2) is 47.1 Å². The Morgan fingerprint density at radius 2 is 1.74 bits per heavy atom. The van der Waals surface area contributed by atoms with E-state index < -0.39 is 5.97 Å². The lowest BCUT2D eigenvalue weighted by Crippen LogP contribution is -2.42. The zero-order chi connectivity index (χ0) is 27.3. The fraction of sp³-hybridized carbons (Fsp3) is 0.467. The Morgan fingerprint density at radius 3 is 2.32 bits per heavy atom. The number of aliphatic imine (C=N–C) groups is 1. The van der Waals surface area contributed by atoms with E-state index in [0.717, 1.165) is 36.9 Å². The first-order valence-electron chi connectivity index (χ1n) is 13.3. The Kier molecular flexibility index (Phi) is 8.35. The summed E-state index contributed by atoms with van der Waals surface area (Å²) in [5.41, 5.74) is 3.13. The lowest BCUT2D eigenvalue weighted by atomic mass is 9.71. The molecule has 4 rings (SSSR count). The van der Waals surface area contributed by atoms with Crippen molar-refractivity contribution in [2.45, 2.75) is 65.0 Å². The molecule has 0 aromatic heterocycles. The molecule has 2 fully saturated rings. The van der Waals surface area contributed by atoms with Gasteiger partial charge in [0.15, 0.2) is 0 Å². The number of carbonyl (C=O) groups is 2. The standard InChI is InChI=1S/C30H36N4O4/c1-30(2,3)23-10-14-25(15-11-23)34-26(19-38-29(34)33-24-12-4-20(18-31)5-13-24)21-6-8-22(9-7-21)28(37)32-17-16-27(35)36/h4-9,12-13,23,25-26H,10-11,14-17,19H2,1-3H3,(H,32,37)(H,35,36)/b33-29-. The SMILES string of the molecule is CC(C)(C)C1CCC(N2/C(=N/c3ccc(C#N)cc3)OCC2c2ccc(C(=O)NCCC(=O)O)cc2)CC1. The number of benzene rings is 2. The van der Waals surface area contributed by atoms with Gasteiger partial charge in [0, 0.05) is 18.2 Å². The summed E-state index contributed by atoms with van der Waals surface area (Å²) in [6.07, 6.45) is 4.29. The van der Waals surface area contributed by atoms with Gasteiger partial charge < -0.3 is 20.1 Å². The summed E-state index contributed by atoms with van der Waals surface area (Å²) in [6, 6.07) is 17.6. The number of hydrogen-bond acceptors (Lipinski definition) is 5. The van der Waals surface area contributed by atoms with Crippen LogP contribution in [0.5, 0.6) is 0 Å². The number of carbonyl (C=O) groups excluding carboxylic acids is 1. The summed E-state index contributed by atoms with van der Waals surface area (Å²) in [7, 11) is 0. The second-order valence-corrected chi connectivity index (χ2v) is 11.2. The molecule has 0 radical (unpaired) electrons. The van der Waals surface area contributed by atoms with E-state index in [9.17, 15) is 9.59 Å². The van der Waals surface area contributed by atoms with Crippen LogP contribution in [0.1, 0.15) is 80.4 Å². The van der Waals surface area contributed by atoms with Gasteiger partial charge in [0.1, 0.15) is 6.61 Å². The topological polar surface area (TPSA) is 115 Å². The molecule has 1 saturated heterocycles. The summed E-state index contributed by atoms with van der Waals surface area (Å²) < 4.78 is 6.17. The number of rotatable bonds is 7. The highest BCUT2D eigenvalue weighted by Crippen LogP contribution is 2.42. The molecule has 38 heavy (non-hydrogen) atoms. The number of carboxylic acid groups (broad SMARTS) is 1. The van der Waals surface area contributed by atoms with Gasteiger partial charge in [-0.2, -0.15) is 10.3 Å². The quantitative estimate of drug-likeness (QED) is 0.507. The highest BCUT2D eigenvalue weighted by molar-refractivity contribution is 5.94. The maximum Gasteiger partial charge on any atom is 0.305 e. The molecule has 8 nitrogen and oxygen atoms in total. The van der Waals surface area contributed by atoms with Crippen LogP contribution in [0.25, 0.3) is 0 Å². The molecule has 0 bridgehead atoms. The number of amidine groups is 1. The molecule has 200 valence electrons. The molecular weight excluding hydrogens is 480 g/mol. The number of ether oxygens (including phenoxy) is 1. The number of nitrogens with one attached hydrogen (secondary N) is 1. The molecule has 8 heteroatoms. The third-order valence-corrected chi connectivity index (χ3v) is 7.65. The summed E-state index contributed by atoms with van der Waals surface area (Å²) >= 11 is 0. The van der Waals surface area contributed by atoms with E-state index >= 15 is 0 Å². The van der Waals surface area contributed by atoms with Gasteiger partial charge in [0.05, 0.1) is 29.8 Å². The van der Waals surface area contributed by atoms with Crippen LogP contribution in [-0.2, 0) is 9.53 Å². The van der Waals surface area contributed by atoms with E-state index in [4.69, 9.17) is 20.1 Å². The van der Waals surface area contributed by atoms with Gasteiger partial charge in [-0.3, -0.25) is 9.59 Å². The largest absolute Gasteiger partial charge is 0.481 e. The maximum absolute atomic E-state index is 12.4. The van der Waals surface area contributed by atoms with Gasteiger partial charge in [-0.1, -0.05) is 32.9 Å². The summed E-state index contributed by atoms with van der Waals surface area (Å²) in [6.45, 7) is 7.50. The minimum atomic E-state index is -0.947. The molecule has 2 N–H and O–H groups in total. The first kappa shape index (κ1) is 27.2. The van der Waals surface area contributed by atoms with E-state index in [-0.39, 0.29) is 36.4 Å². The minimum absolute atomic E-state index is 0.0348. The van der Waals surface area contributed by atoms with Gasteiger partial charge in [0.2, 0.25) is 0 Å². The third-order valence-electron chi connectivity index (χ3n) is 7.65. The van der Waals surface area contributed by atoms with Gasteiger partial charge >= 0.3 is 5.97 Å². The van der Waals surface area contributed by atoms with Crippen molar-refractivity contribution in [1.29, 1.82) is 5.26 Å². The van der Waals surface area contributed by atoms with Crippen LogP contribution in [0, 0.1) is 22.7 Å². The number of nitriles is 1. The first-order chi connectivity index (χ1) is 18.2. The normalized spacial score (nSPS) is 22.5. The Balaban J connectivity index is 1.55. The highest BCUT2D eigenvalue weighted by Gasteiger charge is 2.40. The Morgan fingerprint density at radius 1 is 1.08 bits per heavy atom. The van der Waals surface area contributed by atoms with Crippen molar-refractivity contribution in [3.8, 4) is 6.07 Å². The number of nitrogens with zero attached hydrogens (tertiary/aromatic N) is 3. The average molecular weight is 517 g/mol. The van der Waals surface area contributed by atoms with Crippen molar-refractivity contribution in [3.63, 3.8) is 0 Å². The van der Waals surface area contributed by atoms with Gasteiger partial charge in [-0.05, 0) is 79.0 Å². The monoisotopic (exact) mass is 516 g/mol. The lowest BCUT2D eigenvalue weighted by molar-refractivity contribution is -0.136. The van der Waals surface area contributed by atoms with Crippen LogP contribution in [0.2, 0.25) is 0 Å². The Labute approximate surface area is 224 Å². The molecule has 1 atom stereocenters. The highest BCUT2D eigenvalue weighted by atomic mass is 16.5. The van der Waals surface area contributed by atoms with E-state index in [1.165, 1.54) is 0 Å². The van der Waals surface area contributed by atoms with Crippen LogP contribution in [0.15, 0.2) is 53.5 Å². The molecular formula is C30H36N4O4. The van der Waals surface area contributed by atoms with Crippen molar-refractivity contribution in [2.24, 2.45) is 16.3 Å². The number of carboxylic acids is 1. The van der Waals surface area contributed by atoms with E-state index in [1.54, 1.807) is 24.3 Å². The predicted molar refractivity (Wildman–Crippen MR) is 145 cm³/mol. The number of amides is 1. The maximum atomic E-state index is 12.4. The molecule has 1 heterocycles. The van der Waals surface area contributed by atoms with Crippen molar-refractivity contribution in [1.82, 2.24) is 10.2 Å². The fourth-order valence-corrected chi connectivity index (χ4v) is 5.38. The molecule has 2 aromatic rings. The van der Waals surface area contributed by atoms with Crippen molar-refractivity contribution in [2.75, 3.05) is 13.2 Å². The second-order valence-electron chi connectivity index (χ2n) is 11.2. The summed E-state index contributed by atoms with van der Waals surface area (Å²) in [4.78, 5) is 30.3. The van der Waals surface area contributed by atoms with Gasteiger partial charge in [-0.25, -0.2) is 0 Å². The third kappa shape index (κ3) is 6.52. The zero-order valence-corrected chi connectivity index (χ0v) is 22.3. The van der Waals surface area contributed by atoms with E-state index in [2.05, 4.69) is 37.1 Å². The molecule has 1 unspecified atom stereocenters. The lowest BCUT2D eigenvalue weighted by Gasteiger charge is -2.41. The number of hydrogen-bond donors (Lipinski definition) is 2. The van der Waals surface area contributed by atoms with Crippen LogP contribution >= 0.6 is 0 Å². The first-order valence-corrected chi connectivity index (χ1v) is 13.3. The van der Waals surface area contributed by atoms with Crippen molar-refractivity contribution < 1.29 is 19.4 Å². The van der Waals surface area contributed by atoms with Crippen molar-refractivity contribution in [3.05, 3.63) is 65.2 Å².